The number of hydrogen-bond donors (Lipinski definition) is 4. The minimum absolute atomic E-state index is 0.0327. The molecule has 4 aromatic rings. The van der Waals surface area contributed by atoms with Gasteiger partial charge in [-0.15, -0.1) is 0 Å². The van der Waals surface area contributed by atoms with Crippen LogP contribution in [0.2, 0.25) is 5.02 Å². The van der Waals surface area contributed by atoms with Crippen LogP contribution >= 0.6 is 11.6 Å². The number of aliphatic hydroxyl groups is 1. The molecule has 0 aliphatic heterocycles. The van der Waals surface area contributed by atoms with Crippen molar-refractivity contribution in [3.05, 3.63) is 130 Å². The largest absolute Gasteiger partial charge is 0.483 e. The van der Waals surface area contributed by atoms with Gasteiger partial charge in [0.05, 0.1) is 22.7 Å². The molecular weight excluding hydrogens is 652 g/mol. The highest BCUT2D eigenvalue weighted by molar-refractivity contribution is 7.92. The highest BCUT2D eigenvalue weighted by atomic mass is 35.5. The standard InChI is InChI=1S/C33H34ClF2N3O4S.CH2O2/c1-3-22-5-4-6-23(15-22)20-37-21-32(40)31(18-24-16-27(35)19-28(36)17-24)38-33(41)25-7-13-30(14-8-25)44(42,43)39(2)29-11-9-26(34)10-12-29;2-1-3/h4-17,19,31-32,37,40H,3,18,20-21H2,1-2H3,(H,38,41);1H,(H,2,3)/t31-,32+;/m0./s1. The SMILES string of the molecule is CCc1cccc(CNC[C@@H](O)[C@H](Cc2cc(F)cc(F)c2)NC(=O)c2ccc(S(=O)(=O)N(C)c3ccc(Cl)cc3)cc2)c1.O=CO. The summed E-state index contributed by atoms with van der Waals surface area (Å²) in [5.41, 5.74) is 3.02. The molecule has 0 aromatic heterocycles. The molecule has 0 unspecified atom stereocenters. The molecule has 0 radical (unpaired) electrons. The van der Waals surface area contributed by atoms with E-state index >= 15 is 0 Å². The van der Waals surface area contributed by atoms with Crippen molar-refractivity contribution in [1.82, 2.24) is 10.6 Å². The molecule has 0 saturated heterocycles. The highest BCUT2D eigenvalue weighted by Crippen LogP contribution is 2.24. The number of benzene rings is 4. The first kappa shape index (κ1) is 37.1. The summed E-state index contributed by atoms with van der Waals surface area (Å²) >= 11 is 5.91. The molecular formula is C34H36ClF2N3O6S. The molecule has 0 fully saturated rings. The predicted octanol–water partition coefficient (Wildman–Crippen LogP) is 5.20. The fourth-order valence-electron chi connectivity index (χ4n) is 4.71. The Morgan fingerprint density at radius 1 is 0.936 bits per heavy atom. The van der Waals surface area contributed by atoms with E-state index in [1.807, 2.05) is 18.2 Å². The molecule has 4 N–H and O–H groups in total. The third kappa shape index (κ3) is 10.9. The summed E-state index contributed by atoms with van der Waals surface area (Å²) in [6.45, 7) is 2.37. The van der Waals surface area contributed by atoms with Crippen LogP contribution in [0.1, 0.15) is 34.0 Å². The van der Waals surface area contributed by atoms with Crippen molar-refractivity contribution >= 4 is 39.7 Å². The van der Waals surface area contributed by atoms with E-state index in [1.165, 1.54) is 36.9 Å². The van der Waals surface area contributed by atoms with Crippen molar-refractivity contribution < 1.29 is 37.0 Å². The third-order valence-electron chi connectivity index (χ3n) is 7.21. The maximum Gasteiger partial charge on any atom is 0.290 e. The van der Waals surface area contributed by atoms with Gasteiger partial charge in [0.1, 0.15) is 11.6 Å². The average molecular weight is 688 g/mol. The summed E-state index contributed by atoms with van der Waals surface area (Å²) in [7, 11) is -2.52. The second kappa shape index (κ2) is 17.5. The molecule has 1 amide bonds. The van der Waals surface area contributed by atoms with E-state index in [0.29, 0.717) is 17.3 Å². The first-order valence-corrected chi connectivity index (χ1v) is 16.3. The Bertz CT molecular complexity index is 1720. The number of amides is 1. The van der Waals surface area contributed by atoms with E-state index in [1.54, 1.807) is 24.3 Å². The molecule has 0 aliphatic rings. The maximum atomic E-state index is 13.9. The molecule has 0 bridgehead atoms. The average Bonchev–Trinajstić information content (AvgIpc) is 3.04. The van der Waals surface area contributed by atoms with Gasteiger partial charge in [-0.25, -0.2) is 17.2 Å². The highest BCUT2D eigenvalue weighted by Gasteiger charge is 2.25. The Labute approximate surface area is 277 Å². The van der Waals surface area contributed by atoms with Gasteiger partial charge in [-0.2, -0.15) is 0 Å². The fourth-order valence-corrected chi connectivity index (χ4v) is 6.03. The summed E-state index contributed by atoms with van der Waals surface area (Å²) in [6, 6.07) is 21.8. The van der Waals surface area contributed by atoms with Crippen LogP contribution in [-0.4, -0.2) is 56.7 Å². The van der Waals surface area contributed by atoms with Gasteiger partial charge in [-0.05, 0) is 90.2 Å². The molecule has 47 heavy (non-hydrogen) atoms. The number of hydrogen-bond acceptors (Lipinski definition) is 6. The number of aryl methyl sites for hydroxylation is 1. The lowest BCUT2D eigenvalue weighted by molar-refractivity contribution is -0.122. The van der Waals surface area contributed by atoms with Crippen molar-refractivity contribution in [2.75, 3.05) is 17.9 Å². The Hall–Kier alpha value is -4.36. The molecule has 2 atom stereocenters. The number of halogens is 3. The number of nitrogens with zero attached hydrogens (tertiary/aromatic N) is 1. The lowest BCUT2D eigenvalue weighted by Gasteiger charge is -2.25. The smallest absolute Gasteiger partial charge is 0.290 e. The number of sulfonamides is 1. The van der Waals surface area contributed by atoms with Crippen LogP contribution in [0.25, 0.3) is 0 Å². The van der Waals surface area contributed by atoms with E-state index in [-0.39, 0.29) is 35.5 Å². The van der Waals surface area contributed by atoms with Crippen LogP contribution in [0.3, 0.4) is 0 Å². The zero-order chi connectivity index (χ0) is 34.6. The number of carbonyl (C=O) groups excluding carboxylic acids is 1. The number of nitrogens with one attached hydrogen (secondary N) is 2. The minimum Gasteiger partial charge on any atom is -0.483 e. The summed E-state index contributed by atoms with van der Waals surface area (Å²) in [5.74, 6) is -2.13. The summed E-state index contributed by atoms with van der Waals surface area (Å²) in [6.07, 6.45) is -0.277. The Morgan fingerprint density at radius 2 is 1.53 bits per heavy atom. The Balaban J connectivity index is 0.00000192. The quantitative estimate of drug-likeness (QED) is 0.142. The number of aliphatic hydroxyl groups excluding tert-OH is 1. The summed E-state index contributed by atoms with van der Waals surface area (Å²) < 4.78 is 55.2. The lowest BCUT2D eigenvalue weighted by atomic mass is 10.00. The number of carbonyl (C=O) groups is 2. The zero-order valence-electron chi connectivity index (χ0n) is 25.7. The molecule has 0 aliphatic carbocycles. The monoisotopic (exact) mass is 687 g/mol. The van der Waals surface area contributed by atoms with Gasteiger partial charge >= 0.3 is 0 Å². The summed E-state index contributed by atoms with van der Waals surface area (Å²) in [5, 5.41) is 24.4. The van der Waals surface area contributed by atoms with Crippen LogP contribution < -0.4 is 14.9 Å². The lowest BCUT2D eigenvalue weighted by Crippen LogP contribution is -2.48. The normalized spacial score (nSPS) is 12.3. The van der Waals surface area contributed by atoms with E-state index in [9.17, 15) is 27.1 Å². The Morgan fingerprint density at radius 3 is 2.13 bits per heavy atom. The second-order valence-corrected chi connectivity index (χ2v) is 12.9. The fraction of sp³-hybridized carbons (Fsp3) is 0.235. The molecule has 4 rings (SSSR count). The molecule has 250 valence electrons. The van der Waals surface area contributed by atoms with E-state index in [2.05, 4.69) is 23.6 Å². The molecule has 13 heteroatoms. The number of carboxylic acid groups (broad SMARTS) is 1. The maximum absolute atomic E-state index is 13.9. The second-order valence-electron chi connectivity index (χ2n) is 10.5. The van der Waals surface area contributed by atoms with Gasteiger partial charge in [0.15, 0.2) is 0 Å². The van der Waals surface area contributed by atoms with Gasteiger partial charge in [0, 0.05) is 36.8 Å². The van der Waals surface area contributed by atoms with Gasteiger partial charge in [-0.3, -0.25) is 13.9 Å². The molecule has 0 spiro atoms. The third-order valence-corrected chi connectivity index (χ3v) is 9.26. The van der Waals surface area contributed by atoms with E-state index < -0.39 is 39.7 Å². The van der Waals surface area contributed by atoms with Gasteiger partial charge < -0.3 is 20.8 Å². The number of anilines is 1. The molecule has 0 heterocycles. The first-order valence-electron chi connectivity index (χ1n) is 14.5. The summed E-state index contributed by atoms with van der Waals surface area (Å²) in [4.78, 5) is 21.6. The van der Waals surface area contributed by atoms with Crippen LogP contribution in [0.5, 0.6) is 0 Å². The minimum atomic E-state index is -3.93. The van der Waals surface area contributed by atoms with Gasteiger partial charge in [0.2, 0.25) is 0 Å². The van der Waals surface area contributed by atoms with Gasteiger partial charge in [0.25, 0.3) is 22.4 Å². The van der Waals surface area contributed by atoms with Crippen LogP contribution in [0.4, 0.5) is 14.5 Å². The molecule has 0 saturated carbocycles. The van der Waals surface area contributed by atoms with E-state index in [0.717, 1.165) is 34.5 Å². The van der Waals surface area contributed by atoms with Crippen LogP contribution in [-0.2, 0) is 34.2 Å². The van der Waals surface area contributed by atoms with Crippen LogP contribution in [0, 0.1) is 11.6 Å². The first-order chi connectivity index (χ1) is 22.4. The van der Waals surface area contributed by atoms with Crippen molar-refractivity contribution in [2.24, 2.45) is 0 Å². The van der Waals surface area contributed by atoms with Crippen molar-refractivity contribution in [2.45, 2.75) is 43.4 Å². The molecule has 4 aromatic carbocycles. The molecule has 9 nitrogen and oxygen atoms in total. The van der Waals surface area contributed by atoms with Crippen molar-refractivity contribution in [3.8, 4) is 0 Å². The topological polar surface area (TPSA) is 136 Å². The van der Waals surface area contributed by atoms with E-state index in [4.69, 9.17) is 21.5 Å². The zero-order valence-corrected chi connectivity index (χ0v) is 27.3. The van der Waals surface area contributed by atoms with Crippen molar-refractivity contribution in [1.29, 1.82) is 0 Å². The number of rotatable bonds is 13. The van der Waals surface area contributed by atoms with Crippen LogP contribution in [0.15, 0.2) is 95.9 Å². The predicted molar refractivity (Wildman–Crippen MR) is 177 cm³/mol. The Kier molecular flexibility index (Phi) is 13.8. The van der Waals surface area contributed by atoms with Gasteiger partial charge in [-0.1, -0.05) is 42.8 Å². The van der Waals surface area contributed by atoms with Crippen molar-refractivity contribution in [3.63, 3.8) is 0 Å².